The second kappa shape index (κ2) is 3.00. The molecule has 0 aromatic carbocycles. The van der Waals surface area contributed by atoms with Crippen molar-refractivity contribution >= 4 is 28.7 Å². The highest BCUT2D eigenvalue weighted by Gasteiger charge is 1.87. The molecule has 0 bridgehead atoms. The second-order valence-corrected chi connectivity index (χ2v) is 2.35. The van der Waals surface area contributed by atoms with Gasteiger partial charge in [-0.15, -0.1) is 0 Å². The quantitative estimate of drug-likeness (QED) is 0.594. The van der Waals surface area contributed by atoms with Gasteiger partial charge in [0.15, 0.2) is 0 Å². The molecule has 0 aliphatic rings. The molecular formula is C6H7IN2. The van der Waals surface area contributed by atoms with Gasteiger partial charge in [-0.2, -0.15) is 0 Å². The first-order valence-corrected chi connectivity index (χ1v) is 3.70. The third-order valence-corrected chi connectivity index (χ3v) is 1.56. The fourth-order valence-corrected chi connectivity index (χ4v) is 0.883. The molecule has 0 saturated carbocycles. The summed E-state index contributed by atoms with van der Waals surface area (Å²) in [5, 5.41) is 0. The molecule has 3 heteroatoms. The molecule has 0 aliphatic carbocycles. The number of pyridine rings is 1. The van der Waals surface area contributed by atoms with Crippen LogP contribution in [0.25, 0.3) is 0 Å². The summed E-state index contributed by atoms with van der Waals surface area (Å²) < 4.78 is 2.93. The van der Waals surface area contributed by atoms with Crippen LogP contribution >= 0.6 is 22.9 Å². The lowest BCUT2D eigenvalue weighted by Gasteiger charge is -1.95. The predicted octanol–water partition coefficient (Wildman–Crippen LogP) is 2.15. The van der Waals surface area contributed by atoms with Gasteiger partial charge in [0.2, 0.25) is 0 Å². The normalized spacial score (nSPS) is 9.11. The van der Waals surface area contributed by atoms with E-state index in [1.807, 2.05) is 19.1 Å². The molecule has 0 aliphatic heterocycles. The molecule has 0 fully saturated rings. The molecular weight excluding hydrogens is 227 g/mol. The van der Waals surface area contributed by atoms with Crippen molar-refractivity contribution in [3.05, 3.63) is 23.9 Å². The Bertz CT molecular complexity index is 200. The zero-order valence-corrected chi connectivity index (χ0v) is 7.21. The Morgan fingerprint density at radius 2 is 2.44 bits per heavy atom. The summed E-state index contributed by atoms with van der Waals surface area (Å²) in [4.78, 5) is 4.04. The van der Waals surface area contributed by atoms with Gasteiger partial charge in [-0.1, -0.05) is 0 Å². The lowest BCUT2D eigenvalue weighted by molar-refractivity contribution is 1.30. The number of nitrogens with one attached hydrogen (secondary N) is 1. The van der Waals surface area contributed by atoms with Crippen molar-refractivity contribution in [3.63, 3.8) is 0 Å². The van der Waals surface area contributed by atoms with Gasteiger partial charge in [0.1, 0.15) is 5.82 Å². The van der Waals surface area contributed by atoms with E-state index in [1.54, 1.807) is 6.20 Å². The van der Waals surface area contributed by atoms with Crippen LogP contribution < -0.4 is 3.53 Å². The first kappa shape index (κ1) is 6.80. The van der Waals surface area contributed by atoms with E-state index in [0.29, 0.717) is 0 Å². The molecule has 0 unspecified atom stereocenters. The number of anilines is 1. The van der Waals surface area contributed by atoms with Gasteiger partial charge in [-0.05, 0) is 24.6 Å². The van der Waals surface area contributed by atoms with Crippen molar-refractivity contribution < 1.29 is 0 Å². The van der Waals surface area contributed by atoms with E-state index in [0.717, 1.165) is 5.82 Å². The molecule has 1 aromatic rings. The predicted molar refractivity (Wildman–Crippen MR) is 46.6 cm³/mol. The first-order chi connectivity index (χ1) is 4.33. The minimum Gasteiger partial charge on any atom is -0.313 e. The molecule has 2 nitrogen and oxygen atoms in total. The molecule has 0 radical (unpaired) electrons. The minimum atomic E-state index is 0.913. The summed E-state index contributed by atoms with van der Waals surface area (Å²) >= 11 is 2.06. The van der Waals surface area contributed by atoms with Crippen LogP contribution in [0.3, 0.4) is 0 Å². The van der Waals surface area contributed by atoms with Gasteiger partial charge in [-0.25, -0.2) is 4.98 Å². The maximum atomic E-state index is 4.04. The highest BCUT2D eigenvalue weighted by Crippen LogP contribution is 2.06. The number of nitrogens with zero attached hydrogens (tertiary/aromatic N) is 1. The largest absolute Gasteiger partial charge is 0.313 e. The Hall–Kier alpha value is -0.320. The smallest absolute Gasteiger partial charge is 0.134 e. The van der Waals surface area contributed by atoms with Crippen LogP contribution in [0.15, 0.2) is 18.3 Å². The van der Waals surface area contributed by atoms with Crippen LogP contribution in [0, 0.1) is 6.92 Å². The van der Waals surface area contributed by atoms with E-state index < -0.39 is 0 Å². The topological polar surface area (TPSA) is 24.9 Å². The van der Waals surface area contributed by atoms with E-state index in [1.165, 1.54) is 5.56 Å². The lowest BCUT2D eigenvalue weighted by Crippen LogP contribution is -1.83. The van der Waals surface area contributed by atoms with Crippen molar-refractivity contribution in [3.8, 4) is 0 Å². The Labute approximate surface area is 68.2 Å². The third-order valence-electron chi connectivity index (χ3n) is 1.01. The molecule has 1 rings (SSSR count). The van der Waals surface area contributed by atoms with Crippen LogP contribution in [0.1, 0.15) is 5.56 Å². The number of aryl methyl sites for hydroxylation is 1. The number of halogens is 1. The average Bonchev–Trinajstić information content (AvgIpc) is 1.88. The van der Waals surface area contributed by atoms with Crippen molar-refractivity contribution in [1.29, 1.82) is 0 Å². The van der Waals surface area contributed by atoms with Crippen molar-refractivity contribution in [2.45, 2.75) is 6.92 Å². The Morgan fingerprint density at radius 1 is 1.67 bits per heavy atom. The van der Waals surface area contributed by atoms with E-state index in [4.69, 9.17) is 0 Å². The van der Waals surface area contributed by atoms with Gasteiger partial charge < -0.3 is 3.53 Å². The van der Waals surface area contributed by atoms with E-state index in [-0.39, 0.29) is 0 Å². The molecule has 0 spiro atoms. The molecule has 1 N–H and O–H groups in total. The maximum Gasteiger partial charge on any atom is 0.134 e. The molecule has 48 valence electrons. The van der Waals surface area contributed by atoms with Gasteiger partial charge >= 0.3 is 0 Å². The van der Waals surface area contributed by atoms with Crippen molar-refractivity contribution in [2.24, 2.45) is 0 Å². The molecule has 1 heterocycles. The Balaban J connectivity index is 2.94. The average molecular weight is 234 g/mol. The number of hydrogen-bond donors (Lipinski definition) is 1. The van der Waals surface area contributed by atoms with Crippen LogP contribution in [-0.2, 0) is 0 Å². The van der Waals surface area contributed by atoms with Crippen molar-refractivity contribution in [2.75, 3.05) is 3.53 Å². The summed E-state index contributed by atoms with van der Waals surface area (Å²) in [6, 6.07) is 3.96. The molecule has 0 saturated heterocycles. The fraction of sp³-hybridized carbons (Fsp3) is 0.167. The summed E-state index contributed by atoms with van der Waals surface area (Å²) in [5.41, 5.74) is 1.23. The Kier molecular flexibility index (Phi) is 2.27. The zero-order chi connectivity index (χ0) is 6.69. The zero-order valence-electron chi connectivity index (χ0n) is 5.06. The molecule has 9 heavy (non-hydrogen) atoms. The molecule has 1 aromatic heterocycles. The fourth-order valence-electron chi connectivity index (χ4n) is 0.588. The van der Waals surface area contributed by atoms with E-state index >= 15 is 0 Å². The SMILES string of the molecule is Cc1ccnc(NI)c1. The summed E-state index contributed by atoms with van der Waals surface area (Å²) in [6.45, 7) is 2.04. The van der Waals surface area contributed by atoms with Crippen LogP contribution in [-0.4, -0.2) is 4.98 Å². The second-order valence-electron chi connectivity index (χ2n) is 1.81. The summed E-state index contributed by atoms with van der Waals surface area (Å²) in [7, 11) is 0. The van der Waals surface area contributed by atoms with Gasteiger partial charge in [0.05, 0.1) is 22.9 Å². The van der Waals surface area contributed by atoms with E-state index in [2.05, 4.69) is 31.4 Å². The van der Waals surface area contributed by atoms with Crippen molar-refractivity contribution in [1.82, 2.24) is 4.98 Å². The van der Waals surface area contributed by atoms with E-state index in [9.17, 15) is 0 Å². The Morgan fingerprint density at radius 3 is 2.89 bits per heavy atom. The van der Waals surface area contributed by atoms with Gasteiger partial charge in [0.25, 0.3) is 0 Å². The monoisotopic (exact) mass is 234 g/mol. The number of hydrogen-bond acceptors (Lipinski definition) is 2. The number of aromatic nitrogens is 1. The highest BCUT2D eigenvalue weighted by molar-refractivity contribution is 14.1. The number of rotatable bonds is 1. The van der Waals surface area contributed by atoms with Gasteiger partial charge in [-0.3, -0.25) is 0 Å². The van der Waals surface area contributed by atoms with Crippen LogP contribution in [0.2, 0.25) is 0 Å². The first-order valence-electron chi connectivity index (χ1n) is 2.62. The van der Waals surface area contributed by atoms with Crippen LogP contribution in [0.5, 0.6) is 0 Å². The lowest BCUT2D eigenvalue weighted by atomic mass is 10.3. The molecule has 0 atom stereocenters. The summed E-state index contributed by atoms with van der Waals surface area (Å²) in [5.74, 6) is 0.913. The van der Waals surface area contributed by atoms with Crippen LogP contribution in [0.4, 0.5) is 5.82 Å². The highest BCUT2D eigenvalue weighted by atomic mass is 127. The van der Waals surface area contributed by atoms with Gasteiger partial charge in [0, 0.05) is 6.20 Å². The minimum absolute atomic E-state index is 0.913. The molecule has 0 amide bonds. The summed E-state index contributed by atoms with van der Waals surface area (Å²) in [6.07, 6.45) is 1.79. The standard InChI is InChI=1S/C6H7IN2/c1-5-2-3-8-6(4-5)9-7/h2-4H,1H3,(H,8,9). The third kappa shape index (κ3) is 1.82. The maximum absolute atomic E-state index is 4.04.